The first-order chi connectivity index (χ1) is 8.15. The molecule has 3 fully saturated rings. The number of benzene rings is 1. The summed E-state index contributed by atoms with van der Waals surface area (Å²) in [5.74, 6) is 0.491. The SMILES string of the molecule is CC12CCC(=O)C(c3ccccc3)(CC1)CC2. The lowest BCUT2D eigenvalue weighted by atomic mass is 9.63. The molecule has 0 unspecified atom stereocenters. The molecule has 17 heavy (non-hydrogen) atoms. The van der Waals surface area contributed by atoms with Crippen LogP contribution in [0.15, 0.2) is 30.3 Å². The van der Waals surface area contributed by atoms with Gasteiger partial charge in [0.25, 0.3) is 0 Å². The zero-order chi connectivity index (χ0) is 11.9. The number of hydrogen-bond acceptors (Lipinski definition) is 1. The number of carbonyl (C=O) groups excluding carboxylic acids is 1. The summed E-state index contributed by atoms with van der Waals surface area (Å²) in [6.07, 6.45) is 6.44. The smallest absolute Gasteiger partial charge is 0.143 e. The Bertz CT molecular complexity index is 424. The van der Waals surface area contributed by atoms with Crippen molar-refractivity contribution in [3.05, 3.63) is 35.9 Å². The summed E-state index contributed by atoms with van der Waals surface area (Å²) in [6, 6.07) is 10.5. The maximum Gasteiger partial charge on any atom is 0.143 e. The second kappa shape index (κ2) is 3.69. The first-order valence-corrected chi connectivity index (χ1v) is 6.74. The lowest BCUT2D eigenvalue weighted by Crippen LogP contribution is -2.38. The quantitative estimate of drug-likeness (QED) is 0.713. The molecule has 0 N–H and O–H groups in total. The summed E-state index contributed by atoms with van der Waals surface area (Å²) in [7, 11) is 0. The van der Waals surface area contributed by atoms with Crippen molar-refractivity contribution in [1.29, 1.82) is 0 Å². The van der Waals surface area contributed by atoms with Crippen LogP contribution >= 0.6 is 0 Å². The van der Waals surface area contributed by atoms with Crippen molar-refractivity contribution in [1.82, 2.24) is 0 Å². The van der Waals surface area contributed by atoms with Crippen LogP contribution in [0, 0.1) is 5.41 Å². The Morgan fingerprint density at radius 2 is 1.59 bits per heavy atom. The van der Waals surface area contributed by atoms with Crippen LogP contribution in [0.2, 0.25) is 0 Å². The minimum atomic E-state index is -0.142. The van der Waals surface area contributed by atoms with Gasteiger partial charge in [-0.1, -0.05) is 37.3 Å². The van der Waals surface area contributed by atoms with E-state index >= 15 is 0 Å². The summed E-state index contributed by atoms with van der Waals surface area (Å²) < 4.78 is 0. The predicted molar refractivity (Wildman–Crippen MR) is 68.9 cm³/mol. The predicted octanol–water partition coefficient (Wildman–Crippen LogP) is 3.87. The summed E-state index contributed by atoms with van der Waals surface area (Å²) in [6.45, 7) is 2.36. The first-order valence-electron chi connectivity index (χ1n) is 6.74. The summed E-state index contributed by atoms with van der Waals surface area (Å²) >= 11 is 0. The van der Waals surface area contributed by atoms with Crippen LogP contribution in [0.4, 0.5) is 0 Å². The second-order valence-electron chi connectivity index (χ2n) is 6.18. The minimum Gasteiger partial charge on any atom is -0.299 e. The van der Waals surface area contributed by atoms with E-state index in [4.69, 9.17) is 0 Å². The highest BCUT2D eigenvalue weighted by Crippen LogP contribution is 2.53. The molecule has 1 nitrogen and oxygen atoms in total. The molecule has 0 aliphatic heterocycles. The molecule has 0 heterocycles. The van der Waals surface area contributed by atoms with Crippen molar-refractivity contribution in [2.24, 2.45) is 5.41 Å². The molecule has 1 aromatic carbocycles. The molecule has 1 aromatic rings. The van der Waals surface area contributed by atoms with Gasteiger partial charge in [-0.15, -0.1) is 0 Å². The molecule has 1 heteroatoms. The minimum absolute atomic E-state index is 0.142. The first kappa shape index (κ1) is 11.0. The number of carbonyl (C=O) groups is 1. The van der Waals surface area contributed by atoms with E-state index in [2.05, 4.69) is 31.2 Å². The van der Waals surface area contributed by atoms with Crippen molar-refractivity contribution in [3.63, 3.8) is 0 Å². The monoisotopic (exact) mass is 228 g/mol. The van der Waals surface area contributed by atoms with Gasteiger partial charge in [-0.3, -0.25) is 4.79 Å². The van der Waals surface area contributed by atoms with Gasteiger partial charge in [0.05, 0.1) is 5.41 Å². The van der Waals surface area contributed by atoms with Gasteiger partial charge in [0.15, 0.2) is 0 Å². The maximum absolute atomic E-state index is 12.5. The Balaban J connectivity index is 2.04. The molecule has 2 bridgehead atoms. The van der Waals surface area contributed by atoms with Gasteiger partial charge in [0.2, 0.25) is 0 Å². The van der Waals surface area contributed by atoms with Crippen LogP contribution in [-0.4, -0.2) is 5.78 Å². The molecule has 0 amide bonds. The molecule has 3 aliphatic rings. The summed E-state index contributed by atoms with van der Waals surface area (Å²) in [5, 5.41) is 0. The highest BCUT2D eigenvalue weighted by atomic mass is 16.1. The van der Waals surface area contributed by atoms with Crippen molar-refractivity contribution < 1.29 is 4.79 Å². The Labute approximate surface area is 103 Å². The summed E-state index contributed by atoms with van der Waals surface area (Å²) in [5.41, 5.74) is 1.55. The lowest BCUT2D eigenvalue weighted by molar-refractivity contribution is -0.124. The molecule has 90 valence electrons. The number of rotatable bonds is 1. The Kier molecular flexibility index (Phi) is 2.39. The lowest BCUT2D eigenvalue weighted by Gasteiger charge is -2.40. The number of hydrogen-bond donors (Lipinski definition) is 0. The molecule has 0 radical (unpaired) electrons. The van der Waals surface area contributed by atoms with Gasteiger partial charge in [-0.05, 0) is 43.1 Å². The fraction of sp³-hybridized carbons (Fsp3) is 0.562. The largest absolute Gasteiger partial charge is 0.299 e. The molecular weight excluding hydrogens is 208 g/mol. The van der Waals surface area contributed by atoms with Gasteiger partial charge in [-0.2, -0.15) is 0 Å². The van der Waals surface area contributed by atoms with E-state index in [0.29, 0.717) is 11.2 Å². The third-order valence-electron chi connectivity index (χ3n) is 5.13. The average molecular weight is 228 g/mol. The van der Waals surface area contributed by atoms with Crippen LogP contribution in [0.25, 0.3) is 0 Å². The van der Waals surface area contributed by atoms with E-state index in [-0.39, 0.29) is 5.41 Å². The number of ketones is 1. The molecule has 4 rings (SSSR count). The fourth-order valence-electron chi connectivity index (χ4n) is 3.67. The molecule has 0 saturated heterocycles. The normalized spacial score (nSPS) is 36.9. The Morgan fingerprint density at radius 3 is 2.24 bits per heavy atom. The molecule has 0 aromatic heterocycles. The Morgan fingerprint density at radius 1 is 0.941 bits per heavy atom. The van der Waals surface area contributed by atoms with Crippen LogP contribution in [0.3, 0.4) is 0 Å². The van der Waals surface area contributed by atoms with Crippen molar-refractivity contribution >= 4 is 5.78 Å². The van der Waals surface area contributed by atoms with E-state index in [9.17, 15) is 4.79 Å². The highest BCUT2D eigenvalue weighted by molar-refractivity contribution is 5.90. The fourth-order valence-corrected chi connectivity index (χ4v) is 3.67. The number of Topliss-reactive ketones (excluding diaryl/α,β-unsaturated/α-hetero) is 1. The van der Waals surface area contributed by atoms with E-state index in [1.165, 1.54) is 18.4 Å². The standard InChI is InChI=1S/C16H20O/c1-15-8-7-14(17)16(11-9-15,12-10-15)13-5-3-2-4-6-13/h2-6H,7-12H2,1H3. The van der Waals surface area contributed by atoms with E-state index < -0.39 is 0 Å². The summed E-state index contributed by atoms with van der Waals surface area (Å²) in [4.78, 5) is 12.5. The maximum atomic E-state index is 12.5. The number of fused-ring (bicyclic) bond motifs is 4. The van der Waals surface area contributed by atoms with Crippen molar-refractivity contribution in [2.75, 3.05) is 0 Å². The average Bonchev–Trinajstić information content (AvgIpc) is 2.58. The third-order valence-corrected chi connectivity index (χ3v) is 5.13. The molecule has 3 saturated carbocycles. The van der Waals surface area contributed by atoms with Crippen LogP contribution in [0.1, 0.15) is 51.0 Å². The Hall–Kier alpha value is -1.11. The molecule has 3 aliphatic carbocycles. The van der Waals surface area contributed by atoms with Gasteiger partial charge in [0.1, 0.15) is 5.78 Å². The van der Waals surface area contributed by atoms with Gasteiger partial charge in [0, 0.05) is 6.42 Å². The van der Waals surface area contributed by atoms with Crippen molar-refractivity contribution in [3.8, 4) is 0 Å². The van der Waals surface area contributed by atoms with Gasteiger partial charge in [-0.25, -0.2) is 0 Å². The van der Waals surface area contributed by atoms with Gasteiger partial charge < -0.3 is 0 Å². The highest BCUT2D eigenvalue weighted by Gasteiger charge is 2.49. The van der Waals surface area contributed by atoms with E-state index in [1.54, 1.807) is 0 Å². The molecule has 0 atom stereocenters. The van der Waals surface area contributed by atoms with Crippen LogP contribution in [-0.2, 0) is 10.2 Å². The second-order valence-corrected chi connectivity index (χ2v) is 6.18. The topological polar surface area (TPSA) is 17.1 Å². The molecule has 0 spiro atoms. The zero-order valence-corrected chi connectivity index (χ0v) is 10.5. The van der Waals surface area contributed by atoms with Crippen LogP contribution in [0.5, 0.6) is 0 Å². The third kappa shape index (κ3) is 1.64. The van der Waals surface area contributed by atoms with Crippen molar-refractivity contribution in [2.45, 2.75) is 50.9 Å². The molecular formula is C16H20O. The van der Waals surface area contributed by atoms with Crippen LogP contribution < -0.4 is 0 Å². The van der Waals surface area contributed by atoms with Gasteiger partial charge >= 0.3 is 0 Å². The zero-order valence-electron chi connectivity index (χ0n) is 10.5. The van der Waals surface area contributed by atoms with E-state index in [0.717, 1.165) is 25.7 Å². The van der Waals surface area contributed by atoms with E-state index in [1.807, 2.05) is 6.07 Å².